The molecule has 0 unspecified atom stereocenters. The van der Waals surface area contributed by atoms with Crippen molar-refractivity contribution < 1.29 is 28.4 Å². The predicted octanol–water partition coefficient (Wildman–Crippen LogP) is 6.21. The van der Waals surface area contributed by atoms with Crippen LogP contribution >= 0.6 is 23.4 Å². The van der Waals surface area contributed by atoms with E-state index >= 15 is 0 Å². The van der Waals surface area contributed by atoms with Crippen molar-refractivity contribution in [1.29, 1.82) is 0 Å². The van der Waals surface area contributed by atoms with Gasteiger partial charge < -0.3 is 9.47 Å². The number of hydrogen-bond acceptors (Lipinski definition) is 7. The average molecular weight is 529 g/mol. The Bertz CT molecular complexity index is 1360. The SMILES string of the molecule is COc1cc(/C=C2\SC(=O)N(Cc3ccc([N+](=O)[O-])cc3)C2=O)ccc1OCc1c(F)cccc1Cl. The lowest BCUT2D eigenvalue weighted by Crippen LogP contribution is -2.27. The van der Waals surface area contributed by atoms with Crippen LogP contribution in [0.2, 0.25) is 5.02 Å². The molecular weight excluding hydrogens is 511 g/mol. The number of methoxy groups -OCH3 is 1. The van der Waals surface area contributed by atoms with Gasteiger partial charge in [0.2, 0.25) is 0 Å². The second-order valence-electron chi connectivity index (χ2n) is 7.59. The zero-order valence-electron chi connectivity index (χ0n) is 18.8. The second kappa shape index (κ2) is 10.8. The minimum atomic E-state index is -0.522. The van der Waals surface area contributed by atoms with Crippen LogP contribution in [-0.2, 0) is 17.9 Å². The second-order valence-corrected chi connectivity index (χ2v) is 8.99. The number of hydrogen-bond donors (Lipinski definition) is 0. The molecule has 2 amide bonds. The fourth-order valence-corrected chi connectivity index (χ4v) is 4.46. The lowest BCUT2D eigenvalue weighted by atomic mass is 10.1. The van der Waals surface area contributed by atoms with Crippen LogP contribution in [0.15, 0.2) is 65.6 Å². The summed E-state index contributed by atoms with van der Waals surface area (Å²) in [6.45, 7) is -0.114. The maximum atomic E-state index is 14.0. The van der Waals surface area contributed by atoms with Crippen molar-refractivity contribution in [2.24, 2.45) is 0 Å². The molecular formula is C25H18ClFN2O6S. The van der Waals surface area contributed by atoms with Crippen LogP contribution in [0.3, 0.4) is 0 Å². The van der Waals surface area contributed by atoms with Gasteiger partial charge in [-0.1, -0.05) is 35.9 Å². The van der Waals surface area contributed by atoms with E-state index in [-0.39, 0.29) is 34.3 Å². The summed E-state index contributed by atoms with van der Waals surface area (Å²) in [5.74, 6) is -0.263. The van der Waals surface area contributed by atoms with Crippen molar-refractivity contribution >= 4 is 46.3 Å². The summed E-state index contributed by atoms with van der Waals surface area (Å²) in [4.78, 5) is 36.9. The van der Waals surface area contributed by atoms with E-state index in [1.165, 1.54) is 43.5 Å². The van der Waals surface area contributed by atoms with E-state index in [1.54, 1.807) is 30.3 Å². The normalized spacial score (nSPS) is 14.4. The molecule has 0 N–H and O–H groups in total. The minimum absolute atomic E-state index is 0.00525. The highest BCUT2D eigenvalue weighted by Gasteiger charge is 2.35. The molecule has 1 fully saturated rings. The molecule has 184 valence electrons. The number of carbonyl (C=O) groups is 2. The van der Waals surface area contributed by atoms with Gasteiger partial charge in [-0.3, -0.25) is 24.6 Å². The number of nitrogens with zero attached hydrogens (tertiary/aromatic N) is 2. The Kier molecular flexibility index (Phi) is 7.56. The van der Waals surface area contributed by atoms with Crippen molar-refractivity contribution in [3.8, 4) is 11.5 Å². The maximum Gasteiger partial charge on any atom is 0.293 e. The number of halogens is 2. The quantitative estimate of drug-likeness (QED) is 0.195. The van der Waals surface area contributed by atoms with Gasteiger partial charge in [0.05, 0.1) is 28.5 Å². The van der Waals surface area contributed by atoms with E-state index < -0.39 is 21.9 Å². The molecule has 0 saturated carbocycles. The van der Waals surface area contributed by atoms with Crippen LogP contribution in [0.5, 0.6) is 11.5 Å². The number of non-ortho nitro benzene ring substituents is 1. The molecule has 0 bridgehead atoms. The summed E-state index contributed by atoms with van der Waals surface area (Å²) >= 11 is 6.84. The van der Waals surface area contributed by atoms with Crippen LogP contribution < -0.4 is 9.47 Å². The largest absolute Gasteiger partial charge is 0.493 e. The predicted molar refractivity (Wildman–Crippen MR) is 133 cm³/mol. The lowest BCUT2D eigenvalue weighted by Gasteiger charge is -2.13. The minimum Gasteiger partial charge on any atom is -0.493 e. The number of imide groups is 1. The van der Waals surface area contributed by atoms with E-state index in [9.17, 15) is 24.1 Å². The van der Waals surface area contributed by atoms with Gasteiger partial charge in [0.25, 0.3) is 16.8 Å². The highest BCUT2D eigenvalue weighted by Crippen LogP contribution is 2.36. The number of ether oxygens (including phenoxy) is 2. The molecule has 3 aromatic carbocycles. The Hall–Kier alpha value is -3.89. The van der Waals surface area contributed by atoms with Crippen LogP contribution in [-0.4, -0.2) is 28.1 Å². The van der Waals surface area contributed by atoms with Crippen LogP contribution in [0, 0.1) is 15.9 Å². The molecule has 1 saturated heterocycles. The fraction of sp³-hybridized carbons (Fsp3) is 0.120. The monoisotopic (exact) mass is 528 g/mol. The van der Waals surface area contributed by atoms with Gasteiger partial charge in [-0.25, -0.2) is 4.39 Å². The molecule has 1 aliphatic heterocycles. The van der Waals surface area contributed by atoms with E-state index in [0.717, 1.165) is 16.7 Å². The zero-order valence-corrected chi connectivity index (χ0v) is 20.3. The highest BCUT2D eigenvalue weighted by atomic mass is 35.5. The molecule has 1 aliphatic rings. The summed E-state index contributed by atoms with van der Waals surface area (Å²) in [6, 6.07) is 14.9. The summed E-state index contributed by atoms with van der Waals surface area (Å²) in [7, 11) is 1.44. The summed E-state index contributed by atoms with van der Waals surface area (Å²) < 4.78 is 25.1. The zero-order chi connectivity index (χ0) is 25.8. The molecule has 1 heterocycles. The molecule has 0 atom stereocenters. The number of benzene rings is 3. The average Bonchev–Trinajstić information content (AvgIpc) is 3.11. The van der Waals surface area contributed by atoms with Crippen LogP contribution in [0.25, 0.3) is 6.08 Å². The molecule has 4 rings (SSSR count). The third kappa shape index (κ3) is 5.50. The van der Waals surface area contributed by atoms with E-state index in [0.29, 0.717) is 22.6 Å². The van der Waals surface area contributed by atoms with Gasteiger partial charge in [-0.15, -0.1) is 0 Å². The first-order valence-corrected chi connectivity index (χ1v) is 11.7. The van der Waals surface area contributed by atoms with Gasteiger partial charge in [0.15, 0.2) is 11.5 Å². The number of amides is 2. The van der Waals surface area contributed by atoms with Gasteiger partial charge in [-0.2, -0.15) is 0 Å². The van der Waals surface area contributed by atoms with Crippen molar-refractivity contribution in [3.05, 3.63) is 103 Å². The molecule has 0 spiro atoms. The number of rotatable bonds is 8. The van der Waals surface area contributed by atoms with Gasteiger partial charge in [-0.05, 0) is 53.2 Å². The Morgan fingerprint density at radius 1 is 1.11 bits per heavy atom. The standard InChI is InChI=1S/C25H18ClFN2O6S/c1-34-22-11-16(7-10-21(22)35-14-18-19(26)3-2-4-20(18)27)12-23-24(30)28(25(31)36-23)13-15-5-8-17(9-6-15)29(32)33/h2-12H,13-14H2,1H3/b23-12-. The smallest absolute Gasteiger partial charge is 0.293 e. The molecule has 11 heteroatoms. The van der Waals surface area contributed by atoms with Crippen molar-refractivity contribution in [2.75, 3.05) is 7.11 Å². The Morgan fingerprint density at radius 2 is 1.86 bits per heavy atom. The molecule has 36 heavy (non-hydrogen) atoms. The van der Waals surface area contributed by atoms with E-state index in [2.05, 4.69) is 0 Å². The number of nitro groups is 1. The summed E-state index contributed by atoms with van der Waals surface area (Å²) in [6.07, 6.45) is 1.56. The first-order chi connectivity index (χ1) is 17.3. The lowest BCUT2D eigenvalue weighted by molar-refractivity contribution is -0.384. The van der Waals surface area contributed by atoms with Gasteiger partial charge in [0, 0.05) is 17.7 Å². The van der Waals surface area contributed by atoms with Crippen molar-refractivity contribution in [2.45, 2.75) is 13.2 Å². The Labute approximate surface area is 214 Å². The third-order valence-corrected chi connectivity index (χ3v) is 6.54. The first-order valence-electron chi connectivity index (χ1n) is 10.5. The maximum absolute atomic E-state index is 14.0. The summed E-state index contributed by atoms with van der Waals surface area (Å²) in [5.41, 5.74) is 1.31. The van der Waals surface area contributed by atoms with Gasteiger partial charge >= 0.3 is 0 Å². The van der Waals surface area contributed by atoms with E-state index in [1.807, 2.05) is 0 Å². The number of thioether (sulfide) groups is 1. The Balaban J connectivity index is 1.48. The van der Waals surface area contributed by atoms with E-state index in [4.69, 9.17) is 21.1 Å². The molecule has 3 aromatic rings. The van der Waals surface area contributed by atoms with Crippen LogP contribution in [0.1, 0.15) is 16.7 Å². The first kappa shape index (κ1) is 25.2. The molecule has 0 aliphatic carbocycles. The Morgan fingerprint density at radius 3 is 2.53 bits per heavy atom. The number of carbonyl (C=O) groups excluding carboxylic acids is 2. The van der Waals surface area contributed by atoms with Crippen LogP contribution in [0.4, 0.5) is 14.9 Å². The highest BCUT2D eigenvalue weighted by molar-refractivity contribution is 8.18. The molecule has 8 nitrogen and oxygen atoms in total. The fourth-order valence-electron chi connectivity index (χ4n) is 3.41. The topological polar surface area (TPSA) is 99.0 Å². The van der Waals surface area contributed by atoms with Crippen molar-refractivity contribution in [1.82, 2.24) is 4.90 Å². The third-order valence-electron chi connectivity index (χ3n) is 5.28. The molecule has 0 radical (unpaired) electrons. The van der Waals surface area contributed by atoms with Crippen molar-refractivity contribution in [3.63, 3.8) is 0 Å². The summed E-state index contributed by atoms with van der Waals surface area (Å²) in [5, 5.41) is 10.6. The number of nitro benzene ring substituents is 1. The molecule has 0 aromatic heterocycles. The van der Waals surface area contributed by atoms with Gasteiger partial charge in [0.1, 0.15) is 12.4 Å².